The average Bonchev–Trinajstić information content (AvgIpc) is 3.20. The predicted octanol–water partition coefficient (Wildman–Crippen LogP) is 1.40. The van der Waals surface area contributed by atoms with Crippen LogP contribution in [0.25, 0.3) is 0 Å². The van der Waals surface area contributed by atoms with Gasteiger partial charge < -0.3 is 15.1 Å². The molecule has 2 saturated carbocycles. The Morgan fingerprint density at radius 3 is 2.39 bits per heavy atom. The van der Waals surface area contributed by atoms with E-state index in [1.165, 1.54) is 71.4 Å². The Bertz CT molecular complexity index is 248. The van der Waals surface area contributed by atoms with Gasteiger partial charge in [-0.15, -0.1) is 0 Å². The molecule has 3 rings (SSSR count). The maximum atomic E-state index is 3.87. The number of likely N-dealkylation sites (N-methyl/N-ethyl adjacent to an activating group) is 1. The van der Waals surface area contributed by atoms with E-state index in [1.54, 1.807) is 0 Å². The van der Waals surface area contributed by atoms with Crippen LogP contribution in [0.3, 0.4) is 0 Å². The zero-order valence-corrected chi connectivity index (χ0v) is 11.9. The molecule has 0 atom stereocenters. The van der Waals surface area contributed by atoms with Gasteiger partial charge in [-0.05, 0) is 64.1 Å². The molecular weight excluding hydrogens is 222 g/mol. The number of hydrogen-bond donors (Lipinski definition) is 1. The quantitative estimate of drug-likeness (QED) is 0.770. The van der Waals surface area contributed by atoms with Crippen LogP contribution in [0, 0.1) is 11.8 Å². The lowest BCUT2D eigenvalue weighted by atomic mass is 10.1. The van der Waals surface area contributed by atoms with Gasteiger partial charge >= 0.3 is 0 Å². The molecule has 3 heteroatoms. The van der Waals surface area contributed by atoms with Crippen LogP contribution in [0.2, 0.25) is 0 Å². The van der Waals surface area contributed by atoms with E-state index in [0.717, 1.165) is 17.9 Å². The first-order valence-electron chi connectivity index (χ1n) is 7.97. The monoisotopic (exact) mass is 251 g/mol. The molecule has 18 heavy (non-hydrogen) atoms. The van der Waals surface area contributed by atoms with Gasteiger partial charge in [0.1, 0.15) is 0 Å². The number of rotatable bonds is 6. The summed E-state index contributed by atoms with van der Waals surface area (Å²) in [5.74, 6) is 2.07. The molecule has 3 fully saturated rings. The lowest BCUT2D eigenvalue weighted by Crippen LogP contribution is -2.40. The molecule has 2 aliphatic carbocycles. The third-order valence-electron chi connectivity index (χ3n) is 4.88. The highest BCUT2D eigenvalue weighted by Gasteiger charge is 2.40. The van der Waals surface area contributed by atoms with Crippen LogP contribution in [-0.4, -0.2) is 62.2 Å². The second-order valence-electron chi connectivity index (χ2n) is 6.65. The second kappa shape index (κ2) is 5.89. The van der Waals surface area contributed by atoms with Crippen molar-refractivity contribution in [2.24, 2.45) is 11.8 Å². The molecule has 1 heterocycles. The minimum atomic E-state index is 0.875. The van der Waals surface area contributed by atoms with E-state index in [9.17, 15) is 0 Å². The van der Waals surface area contributed by atoms with E-state index in [4.69, 9.17) is 0 Å². The molecule has 1 saturated heterocycles. The van der Waals surface area contributed by atoms with Gasteiger partial charge in [-0.3, -0.25) is 0 Å². The molecule has 3 nitrogen and oxygen atoms in total. The zero-order valence-electron chi connectivity index (χ0n) is 11.9. The largest absolute Gasteiger partial charge is 0.312 e. The Balaban J connectivity index is 1.35. The molecule has 0 radical (unpaired) electrons. The summed E-state index contributed by atoms with van der Waals surface area (Å²) in [6.07, 6.45) is 7.29. The first kappa shape index (κ1) is 12.9. The lowest BCUT2D eigenvalue weighted by molar-refractivity contribution is 0.266. The SMILES string of the molecule is CN1CCCN(CCNC(C2CC2)C2CC2)CC1. The Labute approximate surface area is 112 Å². The summed E-state index contributed by atoms with van der Waals surface area (Å²) in [6.45, 7) is 7.54. The van der Waals surface area contributed by atoms with E-state index in [-0.39, 0.29) is 0 Å². The van der Waals surface area contributed by atoms with Crippen LogP contribution in [0.15, 0.2) is 0 Å². The molecule has 0 aromatic rings. The van der Waals surface area contributed by atoms with Crippen LogP contribution in [0.5, 0.6) is 0 Å². The molecule has 0 aromatic carbocycles. The maximum absolute atomic E-state index is 3.87. The second-order valence-corrected chi connectivity index (χ2v) is 6.65. The third kappa shape index (κ3) is 3.69. The van der Waals surface area contributed by atoms with Gasteiger partial charge in [-0.2, -0.15) is 0 Å². The van der Waals surface area contributed by atoms with E-state index < -0.39 is 0 Å². The molecule has 0 bridgehead atoms. The number of nitrogens with zero attached hydrogens (tertiary/aromatic N) is 2. The van der Waals surface area contributed by atoms with Crippen molar-refractivity contribution in [1.29, 1.82) is 0 Å². The van der Waals surface area contributed by atoms with Gasteiger partial charge in [0.05, 0.1) is 0 Å². The van der Waals surface area contributed by atoms with E-state index in [0.29, 0.717) is 0 Å². The summed E-state index contributed by atoms with van der Waals surface area (Å²) in [7, 11) is 2.25. The molecule has 0 spiro atoms. The fraction of sp³-hybridized carbons (Fsp3) is 1.00. The summed E-state index contributed by atoms with van der Waals surface area (Å²) < 4.78 is 0. The van der Waals surface area contributed by atoms with E-state index >= 15 is 0 Å². The van der Waals surface area contributed by atoms with Crippen LogP contribution in [-0.2, 0) is 0 Å². The molecule has 1 aliphatic heterocycles. The van der Waals surface area contributed by atoms with Crippen molar-refractivity contribution in [3.63, 3.8) is 0 Å². The highest BCUT2D eigenvalue weighted by molar-refractivity contribution is 4.96. The Morgan fingerprint density at radius 2 is 1.72 bits per heavy atom. The van der Waals surface area contributed by atoms with Crippen LogP contribution < -0.4 is 5.32 Å². The molecule has 1 N–H and O–H groups in total. The zero-order chi connectivity index (χ0) is 12.4. The Kier molecular flexibility index (Phi) is 4.22. The summed E-state index contributed by atoms with van der Waals surface area (Å²) in [6, 6.07) is 0.875. The average molecular weight is 251 g/mol. The van der Waals surface area contributed by atoms with Crippen molar-refractivity contribution < 1.29 is 0 Å². The Morgan fingerprint density at radius 1 is 1.00 bits per heavy atom. The standard InChI is InChI=1S/C15H29N3/c1-17-8-2-9-18(12-11-17)10-7-16-15(13-3-4-13)14-5-6-14/h13-16H,2-12H2,1H3. The number of nitrogens with one attached hydrogen (secondary N) is 1. The lowest BCUT2D eigenvalue weighted by Gasteiger charge is -2.23. The summed E-state index contributed by atoms with van der Waals surface area (Å²) >= 11 is 0. The summed E-state index contributed by atoms with van der Waals surface area (Å²) in [4.78, 5) is 5.11. The Hall–Kier alpha value is -0.120. The minimum Gasteiger partial charge on any atom is -0.312 e. The fourth-order valence-corrected chi connectivity index (χ4v) is 3.34. The highest BCUT2D eigenvalue weighted by atomic mass is 15.2. The molecular formula is C15H29N3. The third-order valence-corrected chi connectivity index (χ3v) is 4.88. The number of hydrogen-bond acceptors (Lipinski definition) is 3. The molecule has 0 aromatic heterocycles. The van der Waals surface area contributed by atoms with Crippen molar-refractivity contribution in [1.82, 2.24) is 15.1 Å². The van der Waals surface area contributed by atoms with Crippen molar-refractivity contribution in [3.05, 3.63) is 0 Å². The fourth-order valence-electron chi connectivity index (χ4n) is 3.34. The molecule has 0 amide bonds. The van der Waals surface area contributed by atoms with Crippen LogP contribution >= 0.6 is 0 Å². The normalized spacial score (nSPS) is 27.7. The topological polar surface area (TPSA) is 18.5 Å². The summed E-state index contributed by atoms with van der Waals surface area (Å²) in [5, 5.41) is 3.87. The molecule has 0 unspecified atom stereocenters. The van der Waals surface area contributed by atoms with E-state index in [2.05, 4.69) is 22.2 Å². The van der Waals surface area contributed by atoms with Gasteiger partial charge in [0.25, 0.3) is 0 Å². The van der Waals surface area contributed by atoms with Crippen molar-refractivity contribution in [2.75, 3.05) is 46.3 Å². The molecule has 3 aliphatic rings. The first-order chi connectivity index (χ1) is 8.83. The van der Waals surface area contributed by atoms with Crippen molar-refractivity contribution >= 4 is 0 Å². The van der Waals surface area contributed by atoms with Crippen LogP contribution in [0.4, 0.5) is 0 Å². The van der Waals surface area contributed by atoms with Gasteiger partial charge in [0, 0.05) is 32.2 Å². The van der Waals surface area contributed by atoms with Gasteiger partial charge in [-0.25, -0.2) is 0 Å². The smallest absolute Gasteiger partial charge is 0.0124 e. The van der Waals surface area contributed by atoms with Gasteiger partial charge in [0.2, 0.25) is 0 Å². The first-order valence-corrected chi connectivity index (χ1v) is 7.97. The minimum absolute atomic E-state index is 0.875. The molecule has 104 valence electrons. The van der Waals surface area contributed by atoms with Gasteiger partial charge in [0.15, 0.2) is 0 Å². The highest BCUT2D eigenvalue weighted by Crippen LogP contribution is 2.44. The van der Waals surface area contributed by atoms with Crippen molar-refractivity contribution in [3.8, 4) is 0 Å². The van der Waals surface area contributed by atoms with E-state index in [1.807, 2.05) is 0 Å². The van der Waals surface area contributed by atoms with Crippen molar-refractivity contribution in [2.45, 2.75) is 38.1 Å². The summed E-state index contributed by atoms with van der Waals surface area (Å²) in [5.41, 5.74) is 0. The van der Waals surface area contributed by atoms with Gasteiger partial charge in [-0.1, -0.05) is 0 Å². The predicted molar refractivity (Wildman–Crippen MR) is 75.8 cm³/mol. The maximum Gasteiger partial charge on any atom is 0.0124 e. The van der Waals surface area contributed by atoms with Crippen LogP contribution in [0.1, 0.15) is 32.1 Å².